The van der Waals surface area contributed by atoms with Crippen molar-refractivity contribution in [2.24, 2.45) is 11.8 Å². The molecular weight excluding hydrogens is 242 g/mol. The Morgan fingerprint density at radius 1 is 1.11 bits per heavy atom. The van der Waals surface area contributed by atoms with Crippen molar-refractivity contribution < 1.29 is 14.7 Å². The number of amides is 1. The number of aliphatic carboxylic acids is 1. The molecule has 19 heavy (non-hydrogen) atoms. The van der Waals surface area contributed by atoms with Crippen molar-refractivity contribution in [2.45, 2.75) is 33.7 Å². The smallest absolute Gasteiger partial charge is 0.316 e. The highest BCUT2D eigenvalue weighted by Gasteiger charge is 2.30. The Morgan fingerprint density at radius 3 is 2.05 bits per heavy atom. The Hall–Kier alpha value is -1.84. The zero-order chi connectivity index (χ0) is 14.6. The van der Waals surface area contributed by atoms with Crippen LogP contribution in [-0.4, -0.2) is 17.0 Å². The monoisotopic (exact) mass is 263 g/mol. The molecule has 0 radical (unpaired) electrons. The fraction of sp³-hybridized carbons (Fsp3) is 0.467. The van der Waals surface area contributed by atoms with Crippen LogP contribution in [0.3, 0.4) is 0 Å². The minimum atomic E-state index is -1.08. The largest absolute Gasteiger partial charge is 0.481 e. The van der Waals surface area contributed by atoms with E-state index < -0.39 is 17.8 Å². The molecule has 0 aliphatic rings. The van der Waals surface area contributed by atoms with Gasteiger partial charge in [0, 0.05) is 0 Å². The molecule has 1 aromatic rings. The van der Waals surface area contributed by atoms with Crippen LogP contribution in [0.4, 0.5) is 0 Å². The van der Waals surface area contributed by atoms with Crippen LogP contribution >= 0.6 is 0 Å². The summed E-state index contributed by atoms with van der Waals surface area (Å²) < 4.78 is 0. The second kappa shape index (κ2) is 6.36. The second-order valence-electron chi connectivity index (χ2n) is 5.20. The quantitative estimate of drug-likeness (QED) is 0.802. The molecular formula is C15H21NO3. The van der Waals surface area contributed by atoms with Gasteiger partial charge >= 0.3 is 5.97 Å². The number of nitrogens with one attached hydrogen (secondary N) is 1. The van der Waals surface area contributed by atoms with Gasteiger partial charge in [0.05, 0.1) is 6.04 Å². The summed E-state index contributed by atoms with van der Waals surface area (Å²) >= 11 is 0. The second-order valence-corrected chi connectivity index (χ2v) is 5.20. The summed E-state index contributed by atoms with van der Waals surface area (Å²) in [7, 11) is 0. The Kier molecular flexibility index (Phi) is 5.10. The van der Waals surface area contributed by atoms with Crippen LogP contribution in [0.25, 0.3) is 0 Å². The molecule has 1 rings (SSSR count). The van der Waals surface area contributed by atoms with E-state index >= 15 is 0 Å². The van der Waals surface area contributed by atoms with Crippen molar-refractivity contribution in [3.05, 3.63) is 35.4 Å². The van der Waals surface area contributed by atoms with Gasteiger partial charge in [0.15, 0.2) is 0 Å². The highest BCUT2D eigenvalue weighted by atomic mass is 16.4. The Balaban J connectivity index is 2.75. The van der Waals surface area contributed by atoms with Gasteiger partial charge in [-0.2, -0.15) is 0 Å². The van der Waals surface area contributed by atoms with E-state index in [4.69, 9.17) is 5.11 Å². The fourth-order valence-electron chi connectivity index (χ4n) is 1.94. The summed E-state index contributed by atoms with van der Waals surface area (Å²) in [5.74, 6) is -2.75. The van der Waals surface area contributed by atoms with Crippen molar-refractivity contribution in [2.75, 3.05) is 0 Å². The van der Waals surface area contributed by atoms with Gasteiger partial charge in [-0.15, -0.1) is 0 Å². The lowest BCUT2D eigenvalue weighted by Crippen LogP contribution is -2.39. The maximum absolute atomic E-state index is 12.0. The molecule has 4 heteroatoms. The van der Waals surface area contributed by atoms with Crippen molar-refractivity contribution in [1.29, 1.82) is 0 Å². The van der Waals surface area contributed by atoms with Crippen molar-refractivity contribution in [1.82, 2.24) is 5.32 Å². The highest BCUT2D eigenvalue weighted by molar-refractivity contribution is 5.97. The van der Waals surface area contributed by atoms with Crippen LogP contribution in [0, 0.1) is 18.8 Å². The van der Waals surface area contributed by atoms with Crippen molar-refractivity contribution in [3.63, 3.8) is 0 Å². The zero-order valence-corrected chi connectivity index (χ0v) is 11.8. The predicted molar refractivity (Wildman–Crippen MR) is 73.7 cm³/mol. The molecule has 2 atom stereocenters. The summed E-state index contributed by atoms with van der Waals surface area (Å²) in [5, 5.41) is 11.8. The van der Waals surface area contributed by atoms with Gasteiger partial charge in [-0.1, -0.05) is 43.7 Å². The molecule has 4 nitrogen and oxygen atoms in total. The molecule has 0 saturated carbocycles. The lowest BCUT2D eigenvalue weighted by atomic mass is 9.94. The lowest BCUT2D eigenvalue weighted by molar-refractivity contribution is -0.149. The van der Waals surface area contributed by atoms with Crippen molar-refractivity contribution >= 4 is 11.9 Å². The van der Waals surface area contributed by atoms with E-state index in [2.05, 4.69) is 5.32 Å². The van der Waals surface area contributed by atoms with E-state index in [0.29, 0.717) is 0 Å². The first-order chi connectivity index (χ1) is 8.82. The third-order valence-electron chi connectivity index (χ3n) is 3.15. The van der Waals surface area contributed by atoms with E-state index in [1.165, 1.54) is 0 Å². The topological polar surface area (TPSA) is 66.4 Å². The Labute approximate surface area is 113 Å². The number of carbonyl (C=O) groups is 2. The maximum atomic E-state index is 12.0. The molecule has 0 saturated heterocycles. The van der Waals surface area contributed by atoms with Crippen LogP contribution in [0.2, 0.25) is 0 Å². The standard InChI is InChI=1S/C15H21NO3/c1-9(2)13(15(18)19)14(17)16-11(4)12-7-5-10(3)6-8-12/h5-9,11,13H,1-4H3,(H,16,17)(H,18,19). The molecule has 0 fully saturated rings. The fourth-order valence-corrected chi connectivity index (χ4v) is 1.94. The summed E-state index contributed by atoms with van der Waals surface area (Å²) in [6, 6.07) is 7.61. The number of carbonyl (C=O) groups excluding carboxylic acids is 1. The van der Waals surface area contributed by atoms with Gasteiger partial charge in [-0.3, -0.25) is 9.59 Å². The number of carboxylic acids is 1. The van der Waals surface area contributed by atoms with Gasteiger partial charge in [0.1, 0.15) is 5.92 Å². The zero-order valence-electron chi connectivity index (χ0n) is 11.8. The molecule has 0 heterocycles. The van der Waals surface area contributed by atoms with E-state index in [1.807, 2.05) is 38.1 Å². The average Bonchev–Trinajstić information content (AvgIpc) is 2.28. The molecule has 0 bridgehead atoms. The van der Waals surface area contributed by atoms with Gasteiger partial charge < -0.3 is 10.4 Å². The van der Waals surface area contributed by atoms with E-state index in [0.717, 1.165) is 11.1 Å². The van der Waals surface area contributed by atoms with E-state index in [-0.39, 0.29) is 12.0 Å². The molecule has 1 amide bonds. The first-order valence-corrected chi connectivity index (χ1v) is 6.42. The number of hydrogen-bond donors (Lipinski definition) is 2. The summed E-state index contributed by atoms with van der Waals surface area (Å²) in [5.41, 5.74) is 2.11. The minimum Gasteiger partial charge on any atom is -0.481 e. The first-order valence-electron chi connectivity index (χ1n) is 6.42. The van der Waals surface area contributed by atoms with Gasteiger partial charge in [-0.05, 0) is 25.3 Å². The number of aryl methyl sites for hydroxylation is 1. The van der Waals surface area contributed by atoms with Crippen LogP contribution < -0.4 is 5.32 Å². The Morgan fingerprint density at radius 2 is 1.63 bits per heavy atom. The Bertz CT molecular complexity index is 451. The number of benzene rings is 1. The summed E-state index contributed by atoms with van der Waals surface area (Å²) in [4.78, 5) is 23.1. The number of hydrogen-bond acceptors (Lipinski definition) is 2. The number of carboxylic acid groups (broad SMARTS) is 1. The third-order valence-corrected chi connectivity index (χ3v) is 3.15. The van der Waals surface area contributed by atoms with E-state index in [9.17, 15) is 9.59 Å². The van der Waals surface area contributed by atoms with Crippen LogP contribution in [0.5, 0.6) is 0 Å². The molecule has 1 aromatic carbocycles. The molecule has 0 aliphatic heterocycles. The van der Waals surface area contributed by atoms with Crippen LogP contribution in [0.1, 0.15) is 37.9 Å². The van der Waals surface area contributed by atoms with Crippen LogP contribution in [0.15, 0.2) is 24.3 Å². The average molecular weight is 263 g/mol. The molecule has 2 N–H and O–H groups in total. The van der Waals surface area contributed by atoms with Crippen LogP contribution in [-0.2, 0) is 9.59 Å². The highest BCUT2D eigenvalue weighted by Crippen LogP contribution is 2.16. The van der Waals surface area contributed by atoms with Gasteiger partial charge in [0.2, 0.25) is 5.91 Å². The van der Waals surface area contributed by atoms with Crippen molar-refractivity contribution in [3.8, 4) is 0 Å². The maximum Gasteiger partial charge on any atom is 0.316 e. The summed E-state index contributed by atoms with van der Waals surface area (Å²) in [6.45, 7) is 7.30. The molecule has 0 aromatic heterocycles. The third kappa shape index (κ3) is 4.09. The predicted octanol–water partition coefficient (Wildman–Crippen LogP) is 2.53. The van der Waals surface area contributed by atoms with E-state index in [1.54, 1.807) is 13.8 Å². The lowest BCUT2D eigenvalue weighted by Gasteiger charge is -2.20. The first kappa shape index (κ1) is 15.2. The normalized spacial score (nSPS) is 13.9. The molecule has 104 valence electrons. The number of rotatable bonds is 5. The van der Waals surface area contributed by atoms with Gasteiger partial charge in [0.25, 0.3) is 0 Å². The molecule has 0 aliphatic carbocycles. The molecule has 2 unspecified atom stereocenters. The van der Waals surface area contributed by atoms with Gasteiger partial charge in [-0.25, -0.2) is 0 Å². The summed E-state index contributed by atoms with van der Waals surface area (Å²) in [6.07, 6.45) is 0. The minimum absolute atomic E-state index is 0.200. The molecule has 0 spiro atoms. The SMILES string of the molecule is Cc1ccc(C(C)NC(=O)C(C(=O)O)C(C)C)cc1.